The first-order valence-corrected chi connectivity index (χ1v) is 5.76. The molecule has 1 aromatic carbocycles. The number of hydrogen-bond acceptors (Lipinski definition) is 3. The van der Waals surface area contributed by atoms with Gasteiger partial charge in [0.15, 0.2) is 6.61 Å². The highest BCUT2D eigenvalue weighted by Crippen LogP contribution is 2.30. The maximum absolute atomic E-state index is 12.3. The Bertz CT molecular complexity index is 514. The normalized spacial score (nSPS) is 15.2. The van der Waals surface area contributed by atoms with E-state index in [1.807, 2.05) is 0 Å². The van der Waals surface area contributed by atoms with Gasteiger partial charge in [-0.25, -0.2) is 4.79 Å². The minimum atomic E-state index is -4.41. The van der Waals surface area contributed by atoms with Crippen molar-refractivity contribution in [2.45, 2.75) is 6.18 Å². The van der Waals surface area contributed by atoms with Crippen LogP contribution >= 0.6 is 0 Å². The number of amides is 3. The van der Waals surface area contributed by atoms with Crippen LogP contribution in [0.2, 0.25) is 0 Å². The number of imide groups is 1. The summed E-state index contributed by atoms with van der Waals surface area (Å²) in [6.07, 6.45) is -4.41. The van der Waals surface area contributed by atoms with Gasteiger partial charge in [0.2, 0.25) is 0 Å². The number of carbonyl (C=O) groups excluding carboxylic acids is 2. The summed E-state index contributed by atoms with van der Waals surface area (Å²) < 4.78 is 42.1. The molecule has 0 bridgehead atoms. The number of benzene rings is 1. The number of hydrogen-bond donors (Lipinski definition) is 1. The molecule has 1 aliphatic rings. The van der Waals surface area contributed by atoms with Gasteiger partial charge in [-0.05, 0) is 24.3 Å². The van der Waals surface area contributed by atoms with Crippen LogP contribution < -0.4 is 10.1 Å². The Balaban J connectivity index is 1.91. The molecule has 0 radical (unpaired) electrons. The minimum Gasteiger partial charge on any atom is -0.484 e. The van der Waals surface area contributed by atoms with Crippen LogP contribution in [0.5, 0.6) is 5.75 Å². The number of nitrogens with one attached hydrogen (secondary N) is 1. The van der Waals surface area contributed by atoms with E-state index >= 15 is 0 Å². The largest absolute Gasteiger partial charge is 0.484 e. The topological polar surface area (TPSA) is 58.6 Å². The molecule has 1 aliphatic heterocycles. The van der Waals surface area contributed by atoms with Gasteiger partial charge in [-0.3, -0.25) is 9.69 Å². The Labute approximate surface area is 112 Å². The first kappa shape index (κ1) is 14.2. The lowest BCUT2D eigenvalue weighted by Gasteiger charge is -2.13. The number of ether oxygens (including phenoxy) is 1. The molecule has 8 heteroatoms. The van der Waals surface area contributed by atoms with E-state index in [0.717, 1.165) is 29.2 Å². The highest BCUT2D eigenvalue weighted by Gasteiger charge is 2.30. The van der Waals surface area contributed by atoms with Crippen molar-refractivity contribution < 1.29 is 27.5 Å². The van der Waals surface area contributed by atoms with Gasteiger partial charge in [0.1, 0.15) is 5.75 Å². The molecular formula is C12H11F3N2O3. The lowest BCUT2D eigenvalue weighted by Crippen LogP contribution is -2.37. The van der Waals surface area contributed by atoms with Gasteiger partial charge in [-0.2, -0.15) is 13.2 Å². The second-order valence-corrected chi connectivity index (χ2v) is 4.09. The van der Waals surface area contributed by atoms with E-state index in [2.05, 4.69) is 5.32 Å². The fourth-order valence-electron chi connectivity index (χ4n) is 1.67. The monoisotopic (exact) mass is 288 g/mol. The van der Waals surface area contributed by atoms with E-state index in [4.69, 9.17) is 4.74 Å². The second kappa shape index (κ2) is 5.40. The van der Waals surface area contributed by atoms with Gasteiger partial charge in [-0.15, -0.1) is 0 Å². The summed E-state index contributed by atoms with van der Waals surface area (Å²) in [5.41, 5.74) is -0.796. The summed E-state index contributed by atoms with van der Waals surface area (Å²) in [7, 11) is 0. The van der Waals surface area contributed by atoms with Gasteiger partial charge >= 0.3 is 12.2 Å². The molecule has 5 nitrogen and oxygen atoms in total. The van der Waals surface area contributed by atoms with Crippen molar-refractivity contribution >= 4 is 11.9 Å². The Hall–Kier alpha value is -2.25. The molecule has 0 spiro atoms. The molecule has 108 valence electrons. The lowest BCUT2D eigenvalue weighted by atomic mass is 10.2. The molecule has 0 aliphatic carbocycles. The molecule has 0 unspecified atom stereocenters. The number of alkyl halides is 3. The number of urea groups is 1. The smallest absolute Gasteiger partial charge is 0.416 e. The summed E-state index contributed by atoms with van der Waals surface area (Å²) in [6.45, 7) is 0.234. The predicted molar refractivity (Wildman–Crippen MR) is 62.1 cm³/mol. The molecule has 0 saturated carbocycles. The standard InChI is InChI=1S/C12H11F3N2O3/c13-12(14,15)8-1-3-9(4-2-8)20-7-10(18)17-6-5-16-11(17)19/h1-4H,5-7H2,(H,16,19). The SMILES string of the molecule is O=C(COc1ccc(C(F)(F)F)cc1)N1CCNC1=O. The summed E-state index contributed by atoms with van der Waals surface area (Å²) in [5.74, 6) is -0.411. The Morgan fingerprint density at radius 3 is 2.45 bits per heavy atom. The number of halogens is 3. The zero-order valence-corrected chi connectivity index (χ0v) is 10.2. The zero-order valence-electron chi connectivity index (χ0n) is 10.2. The van der Waals surface area contributed by atoms with E-state index in [0.29, 0.717) is 6.54 Å². The minimum absolute atomic E-state index is 0.131. The first-order valence-electron chi connectivity index (χ1n) is 5.76. The van der Waals surface area contributed by atoms with Crippen LogP contribution in [0.15, 0.2) is 24.3 Å². The van der Waals surface area contributed by atoms with Gasteiger partial charge in [0, 0.05) is 13.1 Å². The van der Waals surface area contributed by atoms with Crippen LogP contribution in [0.4, 0.5) is 18.0 Å². The van der Waals surface area contributed by atoms with Crippen LogP contribution in [0.25, 0.3) is 0 Å². The molecular weight excluding hydrogens is 277 g/mol. The molecule has 3 amide bonds. The van der Waals surface area contributed by atoms with Crippen molar-refractivity contribution in [3.63, 3.8) is 0 Å². The average molecular weight is 288 g/mol. The molecule has 20 heavy (non-hydrogen) atoms. The highest BCUT2D eigenvalue weighted by atomic mass is 19.4. The third kappa shape index (κ3) is 3.19. The maximum Gasteiger partial charge on any atom is 0.416 e. The summed E-state index contributed by atoms with van der Waals surface area (Å²) in [6, 6.07) is 3.48. The fraction of sp³-hybridized carbons (Fsp3) is 0.333. The van der Waals surface area contributed by atoms with Crippen molar-refractivity contribution in [2.24, 2.45) is 0 Å². The van der Waals surface area contributed by atoms with E-state index < -0.39 is 30.3 Å². The third-order valence-corrected chi connectivity index (χ3v) is 2.70. The quantitative estimate of drug-likeness (QED) is 0.919. The van der Waals surface area contributed by atoms with Gasteiger partial charge < -0.3 is 10.1 Å². The van der Waals surface area contributed by atoms with Crippen LogP contribution in [0, 0.1) is 0 Å². The van der Waals surface area contributed by atoms with Crippen molar-refractivity contribution in [1.82, 2.24) is 10.2 Å². The molecule has 0 aromatic heterocycles. The molecule has 1 fully saturated rings. The molecule has 1 heterocycles. The van der Waals surface area contributed by atoms with Crippen LogP contribution in [0.1, 0.15) is 5.56 Å². The van der Waals surface area contributed by atoms with Gasteiger partial charge in [0.25, 0.3) is 5.91 Å². The average Bonchev–Trinajstić information content (AvgIpc) is 2.82. The first-order chi connectivity index (χ1) is 9.38. The molecule has 1 aromatic rings. The van der Waals surface area contributed by atoms with Crippen LogP contribution in [0.3, 0.4) is 0 Å². The highest BCUT2D eigenvalue weighted by molar-refractivity contribution is 5.96. The fourth-order valence-corrected chi connectivity index (χ4v) is 1.67. The van der Waals surface area contributed by atoms with Crippen molar-refractivity contribution in [2.75, 3.05) is 19.7 Å². The van der Waals surface area contributed by atoms with Crippen LogP contribution in [-0.2, 0) is 11.0 Å². The second-order valence-electron chi connectivity index (χ2n) is 4.09. The third-order valence-electron chi connectivity index (χ3n) is 2.70. The van der Waals surface area contributed by atoms with E-state index in [1.165, 1.54) is 0 Å². The summed E-state index contributed by atoms with van der Waals surface area (Å²) in [4.78, 5) is 23.8. The number of nitrogens with zero attached hydrogens (tertiary/aromatic N) is 1. The Kier molecular flexibility index (Phi) is 3.82. The summed E-state index contributed by atoms with van der Waals surface area (Å²) in [5, 5.41) is 2.46. The van der Waals surface area contributed by atoms with E-state index in [-0.39, 0.29) is 12.3 Å². The van der Waals surface area contributed by atoms with Crippen LogP contribution in [-0.4, -0.2) is 36.5 Å². The molecule has 0 atom stereocenters. The Morgan fingerprint density at radius 2 is 1.95 bits per heavy atom. The van der Waals surface area contributed by atoms with E-state index in [1.54, 1.807) is 0 Å². The van der Waals surface area contributed by atoms with Crippen molar-refractivity contribution in [3.05, 3.63) is 29.8 Å². The molecule has 2 rings (SSSR count). The predicted octanol–water partition coefficient (Wildman–Crippen LogP) is 1.64. The lowest BCUT2D eigenvalue weighted by molar-refractivity contribution is -0.137. The molecule has 1 saturated heterocycles. The maximum atomic E-state index is 12.3. The number of carbonyl (C=O) groups is 2. The van der Waals surface area contributed by atoms with E-state index in [9.17, 15) is 22.8 Å². The Morgan fingerprint density at radius 1 is 1.30 bits per heavy atom. The van der Waals surface area contributed by atoms with Crippen molar-refractivity contribution in [3.8, 4) is 5.75 Å². The van der Waals surface area contributed by atoms with Gasteiger partial charge in [-0.1, -0.05) is 0 Å². The van der Waals surface area contributed by atoms with Gasteiger partial charge in [0.05, 0.1) is 5.56 Å². The van der Waals surface area contributed by atoms with Crippen molar-refractivity contribution in [1.29, 1.82) is 0 Å². The number of rotatable bonds is 3. The summed E-state index contributed by atoms with van der Waals surface area (Å²) >= 11 is 0. The molecule has 1 N–H and O–H groups in total. The zero-order chi connectivity index (χ0) is 14.8.